The predicted molar refractivity (Wildman–Crippen MR) is 81.8 cm³/mol. The van der Waals surface area contributed by atoms with E-state index in [0.717, 1.165) is 35.4 Å². The van der Waals surface area contributed by atoms with Crippen molar-refractivity contribution in [3.05, 3.63) is 28.7 Å². The number of halogens is 1. The van der Waals surface area contributed by atoms with Crippen molar-refractivity contribution in [3.8, 4) is 11.5 Å². The zero-order valence-corrected chi connectivity index (χ0v) is 13.3. The van der Waals surface area contributed by atoms with Crippen LogP contribution in [0.5, 0.6) is 0 Å². The van der Waals surface area contributed by atoms with Gasteiger partial charge in [-0.15, -0.1) is 0 Å². The monoisotopic (exact) mass is 348 g/mol. The molecule has 0 aliphatic carbocycles. The van der Waals surface area contributed by atoms with Crippen LogP contribution < -0.4 is 0 Å². The Morgan fingerprint density at radius 1 is 1.19 bits per heavy atom. The molecule has 2 aliphatic rings. The molecule has 21 heavy (non-hydrogen) atoms. The quantitative estimate of drug-likeness (QED) is 0.834. The van der Waals surface area contributed by atoms with E-state index in [4.69, 9.17) is 4.52 Å². The van der Waals surface area contributed by atoms with Gasteiger partial charge in [-0.05, 0) is 66.8 Å². The van der Waals surface area contributed by atoms with E-state index in [1.165, 1.54) is 25.9 Å². The Balaban J connectivity index is 1.66. The Kier molecular flexibility index (Phi) is 3.30. The fourth-order valence-corrected chi connectivity index (χ4v) is 3.83. The van der Waals surface area contributed by atoms with Crippen molar-refractivity contribution >= 4 is 15.9 Å². The first-order chi connectivity index (χ1) is 10.3. The summed E-state index contributed by atoms with van der Waals surface area (Å²) in [5, 5.41) is 4.15. The van der Waals surface area contributed by atoms with Gasteiger partial charge < -0.3 is 9.42 Å². The van der Waals surface area contributed by atoms with Gasteiger partial charge in [0.15, 0.2) is 0 Å². The summed E-state index contributed by atoms with van der Waals surface area (Å²) in [4.78, 5) is 11.5. The van der Waals surface area contributed by atoms with E-state index in [9.17, 15) is 0 Å². The molecular formula is C15H17BrN4O. The summed E-state index contributed by atoms with van der Waals surface area (Å²) in [6, 6.07) is 3.85. The Hall–Kier alpha value is -1.27. The lowest BCUT2D eigenvalue weighted by atomic mass is 9.73. The van der Waals surface area contributed by atoms with Gasteiger partial charge in [0.25, 0.3) is 0 Å². The molecule has 2 fully saturated rings. The molecule has 2 aromatic rings. The van der Waals surface area contributed by atoms with E-state index in [1.807, 2.05) is 12.1 Å². The third-order valence-electron chi connectivity index (χ3n) is 4.62. The number of pyridine rings is 1. The molecule has 0 saturated carbocycles. The predicted octanol–water partition coefficient (Wildman–Crippen LogP) is 3.02. The van der Waals surface area contributed by atoms with Crippen molar-refractivity contribution in [1.82, 2.24) is 20.0 Å². The van der Waals surface area contributed by atoms with Gasteiger partial charge in [-0.3, -0.25) is 4.98 Å². The van der Waals surface area contributed by atoms with Crippen LogP contribution in [0.3, 0.4) is 0 Å². The SMILES string of the molecule is Brc1ccc(-c2noc(C34CCCN(CCC3)C4)n2)nc1. The van der Waals surface area contributed by atoms with Crippen LogP contribution in [-0.2, 0) is 5.41 Å². The maximum Gasteiger partial charge on any atom is 0.234 e. The summed E-state index contributed by atoms with van der Waals surface area (Å²) in [7, 11) is 0. The molecule has 5 nitrogen and oxygen atoms in total. The maximum atomic E-state index is 5.63. The van der Waals surface area contributed by atoms with Crippen molar-refractivity contribution in [2.24, 2.45) is 0 Å². The van der Waals surface area contributed by atoms with E-state index in [2.05, 4.69) is 36.0 Å². The first-order valence-corrected chi connectivity index (χ1v) is 8.23. The molecule has 6 heteroatoms. The highest BCUT2D eigenvalue weighted by Crippen LogP contribution is 2.40. The fraction of sp³-hybridized carbons (Fsp3) is 0.533. The first-order valence-electron chi connectivity index (χ1n) is 7.44. The normalized spacial score (nSPS) is 28.5. The zero-order chi connectivity index (χ0) is 14.3. The average molecular weight is 349 g/mol. The van der Waals surface area contributed by atoms with Gasteiger partial charge >= 0.3 is 0 Å². The Morgan fingerprint density at radius 2 is 2.00 bits per heavy atom. The highest BCUT2D eigenvalue weighted by Gasteiger charge is 2.44. The molecule has 0 radical (unpaired) electrons. The molecular weight excluding hydrogens is 332 g/mol. The minimum Gasteiger partial charge on any atom is -0.338 e. The lowest BCUT2D eigenvalue weighted by Crippen LogP contribution is -2.50. The van der Waals surface area contributed by atoms with Gasteiger partial charge in [-0.25, -0.2) is 0 Å². The number of hydrogen-bond donors (Lipinski definition) is 0. The van der Waals surface area contributed by atoms with Crippen molar-refractivity contribution < 1.29 is 4.52 Å². The third kappa shape index (κ3) is 2.40. The number of piperidine rings is 2. The molecule has 4 rings (SSSR count). The van der Waals surface area contributed by atoms with Crippen LogP contribution in [0, 0.1) is 0 Å². The van der Waals surface area contributed by atoms with Gasteiger partial charge in [-0.1, -0.05) is 5.16 Å². The number of nitrogens with zero attached hydrogens (tertiary/aromatic N) is 4. The van der Waals surface area contributed by atoms with Crippen molar-refractivity contribution in [1.29, 1.82) is 0 Å². The van der Waals surface area contributed by atoms with Crippen molar-refractivity contribution in [2.45, 2.75) is 31.1 Å². The third-order valence-corrected chi connectivity index (χ3v) is 5.09. The molecule has 2 saturated heterocycles. The molecule has 0 amide bonds. The summed E-state index contributed by atoms with van der Waals surface area (Å²) in [6.07, 6.45) is 6.49. The van der Waals surface area contributed by atoms with Crippen LogP contribution in [0.1, 0.15) is 31.6 Å². The summed E-state index contributed by atoms with van der Waals surface area (Å²) in [5.41, 5.74) is 0.824. The number of aromatic nitrogens is 3. The highest BCUT2D eigenvalue weighted by atomic mass is 79.9. The second-order valence-corrected chi connectivity index (χ2v) is 6.96. The van der Waals surface area contributed by atoms with Gasteiger partial charge in [0.05, 0.1) is 5.41 Å². The molecule has 4 heterocycles. The van der Waals surface area contributed by atoms with E-state index < -0.39 is 0 Å². The fourth-order valence-electron chi connectivity index (χ4n) is 3.60. The van der Waals surface area contributed by atoms with Crippen LogP contribution in [0.2, 0.25) is 0 Å². The Morgan fingerprint density at radius 3 is 2.71 bits per heavy atom. The Bertz CT molecular complexity index is 629. The molecule has 110 valence electrons. The largest absolute Gasteiger partial charge is 0.338 e. The minimum absolute atomic E-state index is 0.0666. The second-order valence-electron chi connectivity index (χ2n) is 6.05. The summed E-state index contributed by atoms with van der Waals surface area (Å²) in [6.45, 7) is 3.47. The van der Waals surface area contributed by atoms with Crippen LogP contribution in [0.25, 0.3) is 11.5 Å². The minimum atomic E-state index is 0.0666. The van der Waals surface area contributed by atoms with Gasteiger partial charge in [0.1, 0.15) is 5.69 Å². The highest BCUT2D eigenvalue weighted by molar-refractivity contribution is 9.10. The lowest BCUT2D eigenvalue weighted by molar-refractivity contribution is 0.0711. The first kappa shape index (κ1) is 13.4. The molecule has 0 N–H and O–H groups in total. The van der Waals surface area contributed by atoms with Gasteiger partial charge in [0.2, 0.25) is 11.7 Å². The molecule has 2 bridgehead atoms. The molecule has 0 aromatic carbocycles. The van der Waals surface area contributed by atoms with Crippen molar-refractivity contribution in [2.75, 3.05) is 19.6 Å². The lowest BCUT2D eigenvalue weighted by Gasteiger charge is -2.44. The average Bonchev–Trinajstić information content (AvgIpc) is 2.99. The zero-order valence-electron chi connectivity index (χ0n) is 11.8. The summed E-state index contributed by atoms with van der Waals surface area (Å²) < 4.78 is 6.57. The maximum absolute atomic E-state index is 5.63. The molecule has 0 spiro atoms. The number of fused-ring (bicyclic) bond motifs is 2. The van der Waals surface area contributed by atoms with E-state index >= 15 is 0 Å². The second kappa shape index (κ2) is 5.18. The Labute approximate surface area is 131 Å². The molecule has 0 atom stereocenters. The smallest absolute Gasteiger partial charge is 0.234 e. The van der Waals surface area contributed by atoms with Crippen LogP contribution >= 0.6 is 15.9 Å². The van der Waals surface area contributed by atoms with Gasteiger partial charge in [0, 0.05) is 17.2 Å². The number of hydrogen-bond acceptors (Lipinski definition) is 5. The van der Waals surface area contributed by atoms with Crippen LogP contribution in [-0.4, -0.2) is 39.7 Å². The van der Waals surface area contributed by atoms with E-state index in [-0.39, 0.29) is 5.41 Å². The van der Waals surface area contributed by atoms with Crippen LogP contribution in [0.4, 0.5) is 0 Å². The van der Waals surface area contributed by atoms with Gasteiger partial charge in [-0.2, -0.15) is 4.98 Å². The number of rotatable bonds is 2. The van der Waals surface area contributed by atoms with Crippen molar-refractivity contribution in [3.63, 3.8) is 0 Å². The topological polar surface area (TPSA) is 55.1 Å². The summed E-state index contributed by atoms with van der Waals surface area (Å²) >= 11 is 3.39. The summed E-state index contributed by atoms with van der Waals surface area (Å²) in [5.74, 6) is 1.39. The molecule has 0 unspecified atom stereocenters. The molecule has 2 aliphatic heterocycles. The molecule has 2 aromatic heterocycles. The standard InChI is InChI=1S/C15H17BrN4O/c16-11-3-4-12(17-9-11)13-18-14(21-19-13)15-5-1-7-20(10-15)8-2-6-15/h3-4,9H,1-2,5-8,10H2. The van der Waals surface area contributed by atoms with E-state index in [1.54, 1.807) is 6.20 Å². The van der Waals surface area contributed by atoms with Crippen LogP contribution in [0.15, 0.2) is 27.3 Å². The van der Waals surface area contributed by atoms with E-state index in [0.29, 0.717) is 5.82 Å².